The van der Waals surface area contributed by atoms with Gasteiger partial charge in [-0.15, -0.1) is 0 Å². The highest BCUT2D eigenvalue weighted by atomic mass is 79.9. The van der Waals surface area contributed by atoms with Gasteiger partial charge < -0.3 is 0 Å². The maximum Gasteiger partial charge on any atom is 0.125 e. The Hall–Kier alpha value is -1.29. The summed E-state index contributed by atoms with van der Waals surface area (Å²) in [6, 6.07) is 6.15. The molecule has 0 aliphatic heterocycles. The first-order valence-electron chi connectivity index (χ1n) is 3.99. The van der Waals surface area contributed by atoms with Crippen molar-refractivity contribution >= 4 is 15.9 Å². The Kier molecular flexibility index (Phi) is 2.54. The van der Waals surface area contributed by atoms with Crippen molar-refractivity contribution in [3.05, 3.63) is 47.1 Å². The number of rotatable bonds is 1. The van der Waals surface area contributed by atoms with E-state index in [1.807, 2.05) is 0 Å². The van der Waals surface area contributed by atoms with Crippen LogP contribution in [0, 0.1) is 5.82 Å². The standard InChI is InChI=1S/C10H6BrFN2/c11-10-6-13-5-9(14-10)7-1-3-8(12)4-2-7/h1-6H. The third-order valence-electron chi connectivity index (χ3n) is 1.75. The van der Waals surface area contributed by atoms with Crippen LogP contribution in [-0.4, -0.2) is 9.97 Å². The molecule has 0 aliphatic carbocycles. The lowest BCUT2D eigenvalue weighted by molar-refractivity contribution is 0.628. The van der Waals surface area contributed by atoms with Crippen molar-refractivity contribution < 1.29 is 4.39 Å². The summed E-state index contributed by atoms with van der Waals surface area (Å²) in [7, 11) is 0. The molecular formula is C10H6BrFN2. The summed E-state index contributed by atoms with van der Waals surface area (Å²) in [5, 5.41) is 0. The van der Waals surface area contributed by atoms with Crippen LogP contribution in [0.15, 0.2) is 41.3 Å². The first-order chi connectivity index (χ1) is 6.75. The van der Waals surface area contributed by atoms with Gasteiger partial charge in [-0.1, -0.05) is 0 Å². The van der Waals surface area contributed by atoms with E-state index in [1.165, 1.54) is 12.1 Å². The van der Waals surface area contributed by atoms with Gasteiger partial charge >= 0.3 is 0 Å². The summed E-state index contributed by atoms with van der Waals surface area (Å²) in [6.45, 7) is 0. The van der Waals surface area contributed by atoms with Crippen LogP contribution < -0.4 is 0 Å². The topological polar surface area (TPSA) is 25.8 Å². The van der Waals surface area contributed by atoms with Gasteiger partial charge in [-0.2, -0.15) is 0 Å². The lowest BCUT2D eigenvalue weighted by Gasteiger charge is -1.99. The highest BCUT2D eigenvalue weighted by Crippen LogP contribution is 2.17. The first kappa shape index (κ1) is 9.27. The molecule has 14 heavy (non-hydrogen) atoms. The second-order valence-corrected chi connectivity index (χ2v) is 3.55. The van der Waals surface area contributed by atoms with Crippen molar-refractivity contribution in [3.63, 3.8) is 0 Å². The SMILES string of the molecule is Fc1ccc(-c2cncc(Br)n2)cc1. The lowest BCUT2D eigenvalue weighted by atomic mass is 10.2. The van der Waals surface area contributed by atoms with Gasteiger partial charge in [0.15, 0.2) is 0 Å². The van der Waals surface area contributed by atoms with E-state index in [0.29, 0.717) is 4.60 Å². The van der Waals surface area contributed by atoms with E-state index in [4.69, 9.17) is 0 Å². The number of aromatic nitrogens is 2. The average Bonchev–Trinajstić information content (AvgIpc) is 2.19. The van der Waals surface area contributed by atoms with E-state index in [9.17, 15) is 4.39 Å². The number of halogens is 2. The minimum Gasteiger partial charge on any atom is -0.260 e. The highest BCUT2D eigenvalue weighted by Gasteiger charge is 2.00. The van der Waals surface area contributed by atoms with Gasteiger partial charge in [0, 0.05) is 5.56 Å². The van der Waals surface area contributed by atoms with Crippen molar-refractivity contribution in [1.29, 1.82) is 0 Å². The third-order valence-corrected chi connectivity index (χ3v) is 2.13. The molecule has 0 unspecified atom stereocenters. The summed E-state index contributed by atoms with van der Waals surface area (Å²) >= 11 is 3.23. The Morgan fingerprint density at radius 2 is 1.79 bits per heavy atom. The van der Waals surface area contributed by atoms with Crippen LogP contribution in [0.1, 0.15) is 0 Å². The van der Waals surface area contributed by atoms with Crippen LogP contribution in [0.4, 0.5) is 4.39 Å². The zero-order chi connectivity index (χ0) is 9.97. The van der Waals surface area contributed by atoms with E-state index >= 15 is 0 Å². The van der Waals surface area contributed by atoms with Gasteiger partial charge in [-0.05, 0) is 40.2 Å². The van der Waals surface area contributed by atoms with E-state index in [1.54, 1.807) is 24.5 Å². The summed E-state index contributed by atoms with van der Waals surface area (Å²) in [5.74, 6) is -0.253. The minimum absolute atomic E-state index is 0.253. The van der Waals surface area contributed by atoms with Crippen LogP contribution in [0.5, 0.6) is 0 Å². The van der Waals surface area contributed by atoms with Gasteiger partial charge in [-0.3, -0.25) is 4.98 Å². The molecule has 2 aromatic rings. The zero-order valence-electron chi connectivity index (χ0n) is 7.11. The fraction of sp³-hybridized carbons (Fsp3) is 0. The highest BCUT2D eigenvalue weighted by molar-refractivity contribution is 9.10. The number of nitrogens with zero attached hydrogens (tertiary/aromatic N) is 2. The number of hydrogen-bond acceptors (Lipinski definition) is 2. The molecule has 0 bridgehead atoms. The van der Waals surface area contributed by atoms with E-state index < -0.39 is 0 Å². The fourth-order valence-corrected chi connectivity index (χ4v) is 1.41. The van der Waals surface area contributed by atoms with Crippen LogP contribution in [0.2, 0.25) is 0 Å². The Morgan fingerprint density at radius 3 is 2.43 bits per heavy atom. The predicted octanol–water partition coefficient (Wildman–Crippen LogP) is 3.05. The zero-order valence-corrected chi connectivity index (χ0v) is 8.70. The lowest BCUT2D eigenvalue weighted by Crippen LogP contribution is -1.86. The van der Waals surface area contributed by atoms with Crippen molar-refractivity contribution in [3.8, 4) is 11.3 Å². The third kappa shape index (κ3) is 1.96. The van der Waals surface area contributed by atoms with Gasteiger partial charge in [-0.25, -0.2) is 9.37 Å². The maximum atomic E-state index is 12.6. The average molecular weight is 253 g/mol. The van der Waals surface area contributed by atoms with Crippen LogP contribution >= 0.6 is 15.9 Å². The Morgan fingerprint density at radius 1 is 1.07 bits per heavy atom. The molecule has 2 nitrogen and oxygen atoms in total. The Labute approximate surface area is 89.0 Å². The van der Waals surface area contributed by atoms with Crippen molar-refractivity contribution in [2.75, 3.05) is 0 Å². The van der Waals surface area contributed by atoms with Gasteiger partial charge in [0.1, 0.15) is 10.4 Å². The molecule has 0 amide bonds. The molecule has 70 valence electrons. The molecule has 0 fully saturated rings. The Bertz CT molecular complexity index is 442. The minimum atomic E-state index is -0.253. The molecule has 0 spiro atoms. The number of benzene rings is 1. The summed E-state index contributed by atoms with van der Waals surface area (Å²) in [6.07, 6.45) is 3.24. The molecule has 0 atom stereocenters. The number of hydrogen-bond donors (Lipinski definition) is 0. The molecule has 0 radical (unpaired) electrons. The molecular weight excluding hydrogens is 247 g/mol. The largest absolute Gasteiger partial charge is 0.260 e. The molecule has 0 saturated heterocycles. The second kappa shape index (κ2) is 3.84. The molecule has 1 aromatic carbocycles. The monoisotopic (exact) mass is 252 g/mol. The summed E-state index contributed by atoms with van der Waals surface area (Å²) < 4.78 is 13.3. The van der Waals surface area contributed by atoms with E-state index in [-0.39, 0.29) is 5.82 Å². The summed E-state index contributed by atoms with van der Waals surface area (Å²) in [5.41, 5.74) is 1.57. The summed E-state index contributed by atoms with van der Waals surface area (Å²) in [4.78, 5) is 8.18. The predicted molar refractivity (Wildman–Crippen MR) is 55.1 cm³/mol. The second-order valence-electron chi connectivity index (χ2n) is 2.73. The van der Waals surface area contributed by atoms with Crippen molar-refractivity contribution in [1.82, 2.24) is 9.97 Å². The Balaban J connectivity index is 2.44. The van der Waals surface area contributed by atoms with E-state index in [2.05, 4.69) is 25.9 Å². The van der Waals surface area contributed by atoms with Crippen LogP contribution in [-0.2, 0) is 0 Å². The van der Waals surface area contributed by atoms with Crippen LogP contribution in [0.25, 0.3) is 11.3 Å². The maximum absolute atomic E-state index is 12.6. The van der Waals surface area contributed by atoms with Crippen LogP contribution in [0.3, 0.4) is 0 Å². The molecule has 1 aromatic heterocycles. The normalized spacial score (nSPS) is 10.1. The molecule has 0 aliphatic rings. The van der Waals surface area contributed by atoms with Crippen molar-refractivity contribution in [2.45, 2.75) is 0 Å². The molecule has 2 rings (SSSR count). The van der Waals surface area contributed by atoms with Gasteiger partial charge in [0.2, 0.25) is 0 Å². The quantitative estimate of drug-likeness (QED) is 0.780. The van der Waals surface area contributed by atoms with Gasteiger partial charge in [0.05, 0.1) is 18.1 Å². The fourth-order valence-electron chi connectivity index (χ4n) is 1.10. The molecule has 0 N–H and O–H groups in total. The molecule has 4 heteroatoms. The molecule has 1 heterocycles. The van der Waals surface area contributed by atoms with E-state index in [0.717, 1.165) is 11.3 Å². The smallest absolute Gasteiger partial charge is 0.125 e. The van der Waals surface area contributed by atoms with Crippen molar-refractivity contribution in [2.24, 2.45) is 0 Å². The first-order valence-corrected chi connectivity index (χ1v) is 4.78. The molecule has 0 saturated carbocycles. The van der Waals surface area contributed by atoms with Gasteiger partial charge in [0.25, 0.3) is 0 Å².